The Hall–Kier alpha value is -1.45. The lowest BCUT2D eigenvalue weighted by molar-refractivity contribution is -0.303. The molecule has 1 unspecified atom stereocenters. The number of benzene rings is 1. The molecule has 10 heteroatoms. The number of aliphatic hydroxyl groups excluding tert-OH is 1. The lowest BCUT2D eigenvalue weighted by atomic mass is 9.87. The lowest BCUT2D eigenvalue weighted by Gasteiger charge is -2.32. The Morgan fingerprint density at radius 1 is 0.769 bits per heavy atom. The molecule has 1 aromatic rings. The van der Waals surface area contributed by atoms with Gasteiger partial charge in [-0.05, 0) is 17.5 Å². The SMILES string of the molecule is CCCc1ccc(C(O)CC2(F)C(F)(F)C(F)(F)C(F)(F)C2(F)F)cc1. The molecule has 1 aromatic carbocycles. The predicted octanol–water partition coefficient (Wildman–Crippen LogP) is 5.33. The highest BCUT2D eigenvalue weighted by molar-refractivity contribution is 5.30. The quantitative estimate of drug-likeness (QED) is 0.670. The van der Waals surface area contributed by atoms with E-state index in [-0.39, 0.29) is 5.56 Å². The molecular formula is C16H15F9O. The average Bonchev–Trinajstić information content (AvgIpc) is 2.58. The Bertz CT molecular complexity index is 628. The molecule has 1 saturated carbocycles. The summed E-state index contributed by atoms with van der Waals surface area (Å²) in [6.07, 6.45) is -3.42. The molecule has 0 amide bonds. The minimum atomic E-state index is -6.62. The second-order valence-corrected chi connectivity index (χ2v) is 6.31. The van der Waals surface area contributed by atoms with Crippen LogP contribution in [-0.4, -0.2) is 34.5 Å². The van der Waals surface area contributed by atoms with Gasteiger partial charge >= 0.3 is 23.7 Å². The number of aliphatic hydroxyl groups is 1. The Kier molecular flexibility index (Phi) is 4.84. The molecule has 2 rings (SSSR count). The number of rotatable bonds is 5. The molecule has 0 saturated heterocycles. The van der Waals surface area contributed by atoms with Crippen LogP contribution >= 0.6 is 0 Å². The van der Waals surface area contributed by atoms with Gasteiger partial charge in [-0.2, -0.15) is 35.1 Å². The van der Waals surface area contributed by atoms with E-state index in [1.54, 1.807) is 0 Å². The third kappa shape index (κ3) is 2.44. The third-order valence-electron chi connectivity index (χ3n) is 4.56. The molecule has 1 N–H and O–H groups in total. The highest BCUT2D eigenvalue weighted by atomic mass is 19.4. The Balaban J connectivity index is 2.39. The van der Waals surface area contributed by atoms with Crippen molar-refractivity contribution in [3.63, 3.8) is 0 Å². The average molecular weight is 394 g/mol. The number of halogens is 9. The van der Waals surface area contributed by atoms with Crippen molar-refractivity contribution in [3.05, 3.63) is 35.4 Å². The van der Waals surface area contributed by atoms with Gasteiger partial charge in [0.1, 0.15) is 0 Å². The molecule has 26 heavy (non-hydrogen) atoms. The molecule has 0 radical (unpaired) electrons. The molecule has 0 heterocycles. The monoisotopic (exact) mass is 394 g/mol. The molecule has 0 aromatic heterocycles. The van der Waals surface area contributed by atoms with Crippen LogP contribution in [0.2, 0.25) is 0 Å². The highest BCUT2D eigenvalue weighted by Crippen LogP contribution is 2.70. The van der Waals surface area contributed by atoms with Crippen LogP contribution in [0.15, 0.2) is 24.3 Å². The second kappa shape index (κ2) is 6.03. The number of aryl methyl sites for hydroxylation is 1. The highest BCUT2D eigenvalue weighted by Gasteiger charge is 3.00. The first-order valence-electron chi connectivity index (χ1n) is 7.64. The van der Waals surface area contributed by atoms with E-state index in [1.165, 1.54) is 12.1 Å². The maximum Gasteiger partial charge on any atom is 0.381 e. The van der Waals surface area contributed by atoms with Crippen LogP contribution < -0.4 is 0 Å². The fourth-order valence-electron chi connectivity index (χ4n) is 2.92. The summed E-state index contributed by atoms with van der Waals surface area (Å²) in [5.74, 6) is -26.0. The van der Waals surface area contributed by atoms with Crippen molar-refractivity contribution < 1.29 is 44.6 Å². The van der Waals surface area contributed by atoms with Gasteiger partial charge in [-0.1, -0.05) is 37.6 Å². The number of alkyl halides is 9. The van der Waals surface area contributed by atoms with Crippen molar-refractivity contribution >= 4 is 0 Å². The van der Waals surface area contributed by atoms with Crippen LogP contribution in [0.25, 0.3) is 0 Å². The molecule has 1 fully saturated rings. The summed E-state index contributed by atoms with van der Waals surface area (Å²) in [5.41, 5.74) is -5.26. The van der Waals surface area contributed by atoms with Gasteiger partial charge in [-0.25, -0.2) is 4.39 Å². The van der Waals surface area contributed by atoms with Crippen molar-refractivity contribution in [1.82, 2.24) is 0 Å². The van der Waals surface area contributed by atoms with Crippen molar-refractivity contribution in [1.29, 1.82) is 0 Å². The first-order chi connectivity index (χ1) is 11.7. The maximum absolute atomic E-state index is 14.4. The van der Waals surface area contributed by atoms with E-state index in [2.05, 4.69) is 0 Å². The van der Waals surface area contributed by atoms with E-state index in [0.29, 0.717) is 6.42 Å². The molecule has 0 spiro atoms. The van der Waals surface area contributed by atoms with Crippen LogP contribution in [-0.2, 0) is 6.42 Å². The van der Waals surface area contributed by atoms with E-state index in [4.69, 9.17) is 0 Å². The zero-order chi connectivity index (χ0) is 20.2. The standard InChI is InChI=1S/C16H15F9O/c1-2-3-9-4-6-10(7-5-9)11(26)8-12(17)13(18,19)15(22,23)16(24,25)14(12,20)21/h4-7,11,26H,2-3,8H2,1H3. The van der Waals surface area contributed by atoms with E-state index in [0.717, 1.165) is 24.1 Å². The fourth-order valence-corrected chi connectivity index (χ4v) is 2.92. The zero-order valence-corrected chi connectivity index (χ0v) is 13.4. The van der Waals surface area contributed by atoms with Crippen LogP contribution in [0.4, 0.5) is 39.5 Å². The van der Waals surface area contributed by atoms with Crippen LogP contribution in [0.5, 0.6) is 0 Å². The minimum Gasteiger partial charge on any atom is -0.388 e. The smallest absolute Gasteiger partial charge is 0.381 e. The van der Waals surface area contributed by atoms with E-state index in [1.807, 2.05) is 6.92 Å². The van der Waals surface area contributed by atoms with Crippen molar-refractivity contribution in [3.8, 4) is 0 Å². The second-order valence-electron chi connectivity index (χ2n) is 6.31. The summed E-state index contributed by atoms with van der Waals surface area (Å²) in [6, 6.07) is 4.98. The Morgan fingerprint density at radius 3 is 1.58 bits per heavy atom. The summed E-state index contributed by atoms with van der Waals surface area (Å²) in [6.45, 7) is 1.85. The summed E-state index contributed by atoms with van der Waals surface area (Å²) in [4.78, 5) is 0. The van der Waals surface area contributed by atoms with Gasteiger partial charge in [0.25, 0.3) is 5.67 Å². The molecule has 148 valence electrons. The zero-order valence-electron chi connectivity index (χ0n) is 13.4. The molecule has 1 aliphatic carbocycles. The van der Waals surface area contributed by atoms with Crippen LogP contribution in [0.3, 0.4) is 0 Å². The molecule has 1 aliphatic rings. The maximum atomic E-state index is 14.4. The van der Waals surface area contributed by atoms with Crippen molar-refractivity contribution in [2.45, 2.75) is 61.6 Å². The molecular weight excluding hydrogens is 379 g/mol. The van der Waals surface area contributed by atoms with Gasteiger partial charge in [0.05, 0.1) is 6.10 Å². The molecule has 0 aliphatic heterocycles. The van der Waals surface area contributed by atoms with Crippen LogP contribution in [0.1, 0.15) is 37.0 Å². The van der Waals surface area contributed by atoms with Gasteiger partial charge in [-0.15, -0.1) is 0 Å². The fraction of sp³-hybridized carbons (Fsp3) is 0.625. The summed E-state index contributed by atoms with van der Waals surface area (Å²) < 4.78 is 122. The van der Waals surface area contributed by atoms with Gasteiger partial charge in [0.2, 0.25) is 0 Å². The van der Waals surface area contributed by atoms with Crippen LogP contribution in [0, 0.1) is 0 Å². The topological polar surface area (TPSA) is 20.2 Å². The van der Waals surface area contributed by atoms with E-state index < -0.39 is 41.9 Å². The third-order valence-corrected chi connectivity index (χ3v) is 4.56. The number of hydrogen-bond acceptors (Lipinski definition) is 1. The Morgan fingerprint density at radius 2 is 1.19 bits per heavy atom. The molecule has 1 atom stereocenters. The summed E-state index contributed by atoms with van der Waals surface area (Å²) in [7, 11) is 0. The predicted molar refractivity (Wildman–Crippen MR) is 73.6 cm³/mol. The van der Waals surface area contributed by atoms with E-state index in [9.17, 15) is 44.6 Å². The van der Waals surface area contributed by atoms with Gasteiger partial charge in [0, 0.05) is 6.42 Å². The van der Waals surface area contributed by atoms with Gasteiger partial charge in [-0.3, -0.25) is 0 Å². The summed E-state index contributed by atoms with van der Waals surface area (Å²) >= 11 is 0. The number of hydrogen-bond donors (Lipinski definition) is 1. The van der Waals surface area contributed by atoms with E-state index >= 15 is 0 Å². The first-order valence-corrected chi connectivity index (χ1v) is 7.64. The summed E-state index contributed by atoms with van der Waals surface area (Å²) in [5, 5.41) is 9.78. The minimum absolute atomic E-state index is 0.341. The van der Waals surface area contributed by atoms with Gasteiger partial charge in [0.15, 0.2) is 0 Å². The normalized spacial score (nSPS) is 25.8. The Labute approximate surface area is 142 Å². The molecule has 1 nitrogen and oxygen atoms in total. The molecule has 0 bridgehead atoms. The van der Waals surface area contributed by atoms with Crippen molar-refractivity contribution in [2.24, 2.45) is 0 Å². The van der Waals surface area contributed by atoms with Gasteiger partial charge < -0.3 is 5.11 Å². The lowest BCUT2D eigenvalue weighted by Crippen LogP contribution is -2.55. The first kappa shape index (κ1) is 20.9. The van der Waals surface area contributed by atoms with Crippen molar-refractivity contribution in [2.75, 3.05) is 0 Å². The largest absolute Gasteiger partial charge is 0.388 e.